The SMILES string of the molecule is c1ccc(C2=NC(c3cccc4oc5cc(-n6c7ccccc7c7ccc8c9ccccc9oc8c76)ccc5c34)=NC(c3ccccc3)C2)cc1. The second-order valence-corrected chi connectivity index (χ2v) is 13.3. The zero-order valence-corrected chi connectivity index (χ0v) is 27.5. The van der Waals surface area contributed by atoms with Crippen LogP contribution in [0, 0.1) is 0 Å². The molecule has 0 amide bonds. The molecular formula is C46H29N3O2. The van der Waals surface area contributed by atoms with Crippen LogP contribution in [-0.4, -0.2) is 16.1 Å². The molecule has 0 spiro atoms. The van der Waals surface area contributed by atoms with Gasteiger partial charge in [0.2, 0.25) is 0 Å². The Morgan fingerprint density at radius 3 is 2.16 bits per heavy atom. The lowest BCUT2D eigenvalue weighted by Crippen LogP contribution is -2.17. The van der Waals surface area contributed by atoms with Crippen molar-refractivity contribution in [1.82, 2.24) is 4.57 Å². The Labute approximate surface area is 292 Å². The van der Waals surface area contributed by atoms with Crippen LogP contribution in [0.25, 0.3) is 71.4 Å². The van der Waals surface area contributed by atoms with E-state index in [0.29, 0.717) is 0 Å². The molecule has 51 heavy (non-hydrogen) atoms. The molecule has 4 heterocycles. The van der Waals surface area contributed by atoms with E-state index in [2.05, 4.69) is 132 Å². The number of hydrogen-bond donors (Lipinski definition) is 0. The molecule has 11 rings (SSSR count). The van der Waals surface area contributed by atoms with E-state index >= 15 is 0 Å². The predicted molar refractivity (Wildman–Crippen MR) is 209 cm³/mol. The van der Waals surface area contributed by atoms with Gasteiger partial charge in [-0.2, -0.15) is 0 Å². The molecule has 1 aliphatic heterocycles. The molecule has 0 N–H and O–H groups in total. The first kappa shape index (κ1) is 28.2. The molecule has 7 aromatic carbocycles. The number of amidine groups is 1. The molecule has 240 valence electrons. The number of furan rings is 2. The van der Waals surface area contributed by atoms with Gasteiger partial charge in [-0.15, -0.1) is 0 Å². The lowest BCUT2D eigenvalue weighted by Gasteiger charge is -2.21. The van der Waals surface area contributed by atoms with E-state index in [1.165, 1.54) is 10.9 Å². The average Bonchev–Trinajstić information content (AvgIpc) is 3.87. The number of fused-ring (bicyclic) bond motifs is 10. The molecule has 0 saturated carbocycles. The summed E-state index contributed by atoms with van der Waals surface area (Å²) in [7, 11) is 0. The van der Waals surface area contributed by atoms with Crippen molar-refractivity contribution in [2.75, 3.05) is 0 Å². The van der Waals surface area contributed by atoms with Crippen molar-refractivity contribution in [3.63, 3.8) is 0 Å². The normalized spacial score (nSPS) is 15.0. The van der Waals surface area contributed by atoms with Gasteiger partial charge in [-0.1, -0.05) is 115 Å². The van der Waals surface area contributed by atoms with E-state index in [4.69, 9.17) is 18.8 Å². The standard InChI is InChI=1S/C46H29N3O2/c1-3-12-28(13-4-1)37-27-38(29-14-5-2-6-15-29)48-46(47-37)36-18-11-21-41-43(36)35-23-22-30(26-42(35)50-41)49-39-19-9-7-16-31(39)33-24-25-34-32-17-8-10-20-40(32)51-45(34)44(33)49/h1-26,37H,27H2. The van der Waals surface area contributed by atoms with Crippen LogP contribution in [0.4, 0.5) is 0 Å². The lowest BCUT2D eigenvalue weighted by molar-refractivity contribution is 0.667. The smallest absolute Gasteiger partial charge is 0.160 e. The fourth-order valence-electron chi connectivity index (χ4n) is 8.03. The summed E-state index contributed by atoms with van der Waals surface area (Å²) in [5, 5.41) is 6.60. The Kier molecular flexibility index (Phi) is 6.01. The van der Waals surface area contributed by atoms with E-state index in [9.17, 15) is 0 Å². The summed E-state index contributed by atoms with van der Waals surface area (Å²) in [6.07, 6.45) is 0.736. The zero-order chi connectivity index (χ0) is 33.5. The Balaban J connectivity index is 1.13. The van der Waals surface area contributed by atoms with Gasteiger partial charge in [0, 0.05) is 50.4 Å². The van der Waals surface area contributed by atoms with E-state index in [1.807, 2.05) is 30.3 Å². The highest BCUT2D eigenvalue weighted by Gasteiger charge is 2.25. The summed E-state index contributed by atoms with van der Waals surface area (Å²) in [6, 6.07) is 54.9. The van der Waals surface area contributed by atoms with Crippen LogP contribution < -0.4 is 0 Å². The first-order chi connectivity index (χ1) is 25.3. The molecular weight excluding hydrogens is 627 g/mol. The zero-order valence-electron chi connectivity index (χ0n) is 27.5. The van der Waals surface area contributed by atoms with Crippen molar-refractivity contribution in [3.8, 4) is 5.69 Å². The van der Waals surface area contributed by atoms with Crippen molar-refractivity contribution in [2.24, 2.45) is 9.98 Å². The Morgan fingerprint density at radius 2 is 1.27 bits per heavy atom. The lowest BCUT2D eigenvalue weighted by atomic mass is 9.95. The predicted octanol–water partition coefficient (Wildman–Crippen LogP) is 12.0. The van der Waals surface area contributed by atoms with Crippen molar-refractivity contribution in [1.29, 1.82) is 0 Å². The fraction of sp³-hybridized carbons (Fsp3) is 0.0435. The summed E-state index contributed by atoms with van der Waals surface area (Å²) >= 11 is 0. The van der Waals surface area contributed by atoms with Crippen LogP contribution in [0.15, 0.2) is 177 Å². The van der Waals surface area contributed by atoms with Gasteiger partial charge in [0.05, 0.1) is 28.5 Å². The van der Waals surface area contributed by atoms with E-state index < -0.39 is 0 Å². The highest BCUT2D eigenvalue weighted by Crippen LogP contribution is 2.42. The summed E-state index contributed by atoms with van der Waals surface area (Å²) in [5.41, 5.74) is 10.8. The first-order valence-corrected chi connectivity index (χ1v) is 17.3. The minimum absolute atomic E-state index is 0.0423. The summed E-state index contributed by atoms with van der Waals surface area (Å²) in [6.45, 7) is 0. The van der Waals surface area contributed by atoms with Crippen molar-refractivity contribution in [2.45, 2.75) is 12.5 Å². The van der Waals surface area contributed by atoms with Gasteiger partial charge in [0.1, 0.15) is 16.7 Å². The maximum atomic E-state index is 6.66. The number of nitrogens with zero attached hydrogens (tertiary/aromatic N) is 3. The van der Waals surface area contributed by atoms with Gasteiger partial charge in [-0.25, -0.2) is 4.99 Å². The Bertz CT molecular complexity index is 3050. The average molecular weight is 656 g/mol. The monoisotopic (exact) mass is 655 g/mol. The van der Waals surface area contributed by atoms with Gasteiger partial charge in [-0.3, -0.25) is 4.99 Å². The molecule has 0 radical (unpaired) electrons. The number of benzene rings is 7. The third kappa shape index (κ3) is 4.28. The second-order valence-electron chi connectivity index (χ2n) is 13.3. The summed E-state index contributed by atoms with van der Waals surface area (Å²) in [5.74, 6) is 0.723. The van der Waals surface area contributed by atoms with Crippen LogP contribution in [0.5, 0.6) is 0 Å². The molecule has 5 heteroatoms. The number of para-hydroxylation sites is 2. The molecule has 5 nitrogen and oxygen atoms in total. The Hall–Kier alpha value is -6.72. The highest BCUT2D eigenvalue weighted by atomic mass is 16.3. The van der Waals surface area contributed by atoms with Gasteiger partial charge < -0.3 is 13.4 Å². The number of hydrogen-bond acceptors (Lipinski definition) is 4. The minimum atomic E-state index is -0.0423. The fourth-order valence-corrected chi connectivity index (χ4v) is 8.03. The molecule has 10 aromatic rings. The van der Waals surface area contributed by atoms with E-state index in [0.717, 1.165) is 95.1 Å². The van der Waals surface area contributed by atoms with Crippen LogP contribution >= 0.6 is 0 Å². The van der Waals surface area contributed by atoms with E-state index in [-0.39, 0.29) is 6.04 Å². The summed E-state index contributed by atoms with van der Waals surface area (Å²) < 4.78 is 15.6. The molecule has 1 aliphatic rings. The van der Waals surface area contributed by atoms with Crippen LogP contribution in [-0.2, 0) is 0 Å². The molecule has 3 aromatic heterocycles. The van der Waals surface area contributed by atoms with Crippen LogP contribution in [0.3, 0.4) is 0 Å². The maximum absolute atomic E-state index is 6.66. The van der Waals surface area contributed by atoms with Crippen LogP contribution in [0.2, 0.25) is 0 Å². The molecule has 0 fully saturated rings. The number of aliphatic imine (C=N–C) groups is 2. The first-order valence-electron chi connectivity index (χ1n) is 17.3. The van der Waals surface area contributed by atoms with Crippen molar-refractivity contribution >= 4 is 77.2 Å². The third-order valence-electron chi connectivity index (χ3n) is 10.4. The molecule has 1 unspecified atom stereocenters. The molecule has 1 atom stereocenters. The highest BCUT2D eigenvalue weighted by molar-refractivity contribution is 6.23. The topological polar surface area (TPSA) is 55.9 Å². The second kappa shape index (κ2) is 10.9. The molecule has 0 saturated heterocycles. The van der Waals surface area contributed by atoms with E-state index in [1.54, 1.807) is 0 Å². The minimum Gasteiger partial charge on any atom is -0.456 e. The van der Waals surface area contributed by atoms with Crippen molar-refractivity contribution in [3.05, 3.63) is 174 Å². The van der Waals surface area contributed by atoms with Crippen LogP contribution in [0.1, 0.15) is 29.2 Å². The Morgan fingerprint density at radius 1 is 0.549 bits per heavy atom. The van der Waals surface area contributed by atoms with Gasteiger partial charge in [-0.05, 0) is 47.5 Å². The van der Waals surface area contributed by atoms with Gasteiger partial charge >= 0.3 is 0 Å². The largest absolute Gasteiger partial charge is 0.456 e. The quantitative estimate of drug-likeness (QED) is 0.189. The van der Waals surface area contributed by atoms with Crippen molar-refractivity contribution < 1.29 is 8.83 Å². The van der Waals surface area contributed by atoms with Gasteiger partial charge in [0.25, 0.3) is 0 Å². The van der Waals surface area contributed by atoms with Gasteiger partial charge in [0.15, 0.2) is 11.4 Å². The molecule has 0 aliphatic carbocycles. The third-order valence-corrected chi connectivity index (χ3v) is 10.4. The molecule has 0 bridgehead atoms. The number of aromatic nitrogens is 1. The maximum Gasteiger partial charge on any atom is 0.160 e. The summed E-state index contributed by atoms with van der Waals surface area (Å²) in [4.78, 5) is 10.5. The number of rotatable bonds is 4.